The van der Waals surface area contributed by atoms with Crippen molar-refractivity contribution in [3.8, 4) is 0 Å². The Morgan fingerprint density at radius 2 is 1.61 bits per heavy atom. The number of ether oxygens (including phenoxy) is 1. The molecule has 0 saturated carbocycles. The zero-order valence-corrected chi connectivity index (χ0v) is 12.9. The van der Waals surface area contributed by atoms with Crippen molar-refractivity contribution >= 4 is 11.9 Å². The van der Waals surface area contributed by atoms with Crippen molar-refractivity contribution in [3.63, 3.8) is 0 Å². The van der Waals surface area contributed by atoms with Crippen LogP contribution in [-0.2, 0) is 27.5 Å². The lowest BCUT2D eigenvalue weighted by Gasteiger charge is -2.16. The number of benzene rings is 2. The molecule has 2 aromatic carbocycles. The Labute approximate surface area is 135 Å². The first-order chi connectivity index (χ1) is 11.2. The number of amides is 1. The van der Waals surface area contributed by atoms with Crippen molar-refractivity contribution < 1.29 is 14.3 Å². The summed E-state index contributed by atoms with van der Waals surface area (Å²) in [6.07, 6.45) is 0.237. The van der Waals surface area contributed by atoms with Gasteiger partial charge in [0.05, 0.1) is 5.92 Å². The lowest BCUT2D eigenvalue weighted by molar-refractivity contribution is -0.149. The van der Waals surface area contributed by atoms with Crippen LogP contribution >= 0.6 is 0 Å². The second-order valence-electron chi connectivity index (χ2n) is 5.75. The van der Waals surface area contributed by atoms with Gasteiger partial charge in [0.1, 0.15) is 6.61 Å². The Morgan fingerprint density at radius 3 is 2.26 bits per heavy atom. The molecule has 0 aliphatic carbocycles. The Kier molecular flexibility index (Phi) is 4.71. The average molecular weight is 309 g/mol. The van der Waals surface area contributed by atoms with Crippen LogP contribution in [0.15, 0.2) is 60.7 Å². The number of carbonyl (C=O) groups excluding carboxylic acids is 2. The molecule has 1 aliphatic heterocycles. The second kappa shape index (κ2) is 7.09. The molecule has 1 atom stereocenters. The Hall–Kier alpha value is -2.62. The fourth-order valence-electron chi connectivity index (χ4n) is 2.73. The first kappa shape index (κ1) is 15.3. The Bertz CT molecular complexity index is 670. The van der Waals surface area contributed by atoms with Crippen molar-refractivity contribution in [3.05, 3.63) is 71.8 Å². The molecule has 4 nitrogen and oxygen atoms in total. The highest BCUT2D eigenvalue weighted by Gasteiger charge is 2.35. The van der Waals surface area contributed by atoms with Gasteiger partial charge in [0.15, 0.2) is 0 Å². The third kappa shape index (κ3) is 3.97. The predicted molar refractivity (Wildman–Crippen MR) is 86.2 cm³/mol. The molecule has 0 unspecified atom stereocenters. The number of hydrogen-bond acceptors (Lipinski definition) is 3. The molecule has 1 heterocycles. The smallest absolute Gasteiger partial charge is 0.311 e. The minimum Gasteiger partial charge on any atom is -0.461 e. The van der Waals surface area contributed by atoms with Gasteiger partial charge in [-0.1, -0.05) is 60.7 Å². The van der Waals surface area contributed by atoms with Gasteiger partial charge in [-0.25, -0.2) is 0 Å². The molecular weight excluding hydrogens is 290 g/mol. The molecule has 0 bridgehead atoms. The van der Waals surface area contributed by atoms with Crippen LogP contribution < -0.4 is 0 Å². The molecule has 118 valence electrons. The number of esters is 1. The van der Waals surface area contributed by atoms with Crippen LogP contribution in [0.3, 0.4) is 0 Å². The molecular formula is C19H19NO3. The highest BCUT2D eigenvalue weighted by atomic mass is 16.5. The number of carbonyl (C=O) groups is 2. The first-order valence-corrected chi connectivity index (χ1v) is 7.74. The summed E-state index contributed by atoms with van der Waals surface area (Å²) in [5.74, 6) is -0.650. The van der Waals surface area contributed by atoms with Crippen LogP contribution in [0.5, 0.6) is 0 Å². The van der Waals surface area contributed by atoms with Crippen LogP contribution in [0.25, 0.3) is 0 Å². The molecule has 1 aliphatic rings. The van der Waals surface area contributed by atoms with E-state index in [9.17, 15) is 9.59 Å². The van der Waals surface area contributed by atoms with E-state index in [2.05, 4.69) is 0 Å². The van der Waals surface area contributed by atoms with Crippen LogP contribution in [0.1, 0.15) is 17.5 Å². The van der Waals surface area contributed by atoms with Gasteiger partial charge < -0.3 is 9.64 Å². The van der Waals surface area contributed by atoms with E-state index in [4.69, 9.17) is 4.74 Å². The van der Waals surface area contributed by atoms with Gasteiger partial charge in [0, 0.05) is 19.5 Å². The van der Waals surface area contributed by atoms with Gasteiger partial charge in [0.25, 0.3) is 0 Å². The van der Waals surface area contributed by atoms with E-state index >= 15 is 0 Å². The van der Waals surface area contributed by atoms with Gasteiger partial charge >= 0.3 is 5.97 Å². The van der Waals surface area contributed by atoms with Crippen LogP contribution in [-0.4, -0.2) is 23.3 Å². The van der Waals surface area contributed by atoms with E-state index in [1.807, 2.05) is 60.7 Å². The van der Waals surface area contributed by atoms with Crippen molar-refractivity contribution in [2.45, 2.75) is 19.6 Å². The summed E-state index contributed by atoms with van der Waals surface area (Å²) in [5, 5.41) is 0. The molecule has 1 saturated heterocycles. The van der Waals surface area contributed by atoms with E-state index < -0.39 is 0 Å². The molecule has 0 spiro atoms. The zero-order chi connectivity index (χ0) is 16.1. The molecule has 0 radical (unpaired) electrons. The quantitative estimate of drug-likeness (QED) is 0.798. The normalized spacial score (nSPS) is 17.3. The number of nitrogens with zero attached hydrogens (tertiary/aromatic N) is 1. The third-order valence-electron chi connectivity index (χ3n) is 3.99. The van der Waals surface area contributed by atoms with E-state index in [0.29, 0.717) is 13.1 Å². The predicted octanol–water partition coefficient (Wildman–Crippen LogP) is 2.78. The fourth-order valence-corrected chi connectivity index (χ4v) is 2.73. The lowest BCUT2D eigenvalue weighted by atomic mass is 10.1. The SMILES string of the molecule is O=C(OCc1ccccc1)[C@@H]1CC(=O)N(Cc2ccccc2)C1. The molecule has 0 aromatic heterocycles. The maximum atomic E-state index is 12.2. The monoisotopic (exact) mass is 309 g/mol. The highest BCUT2D eigenvalue weighted by Crippen LogP contribution is 2.21. The number of rotatable bonds is 5. The number of likely N-dealkylation sites (tertiary alicyclic amines) is 1. The van der Waals surface area contributed by atoms with Crippen LogP contribution in [0, 0.1) is 5.92 Å². The zero-order valence-electron chi connectivity index (χ0n) is 12.9. The largest absolute Gasteiger partial charge is 0.461 e. The number of hydrogen-bond donors (Lipinski definition) is 0. The summed E-state index contributed by atoms with van der Waals surface area (Å²) in [6, 6.07) is 19.4. The minimum absolute atomic E-state index is 0.00974. The van der Waals surface area contributed by atoms with Crippen LogP contribution in [0.2, 0.25) is 0 Å². The summed E-state index contributed by atoms with van der Waals surface area (Å²) in [7, 11) is 0. The van der Waals surface area contributed by atoms with Gasteiger partial charge in [-0.2, -0.15) is 0 Å². The first-order valence-electron chi connectivity index (χ1n) is 7.74. The molecule has 3 rings (SSSR count). The van der Waals surface area contributed by atoms with Gasteiger partial charge in [-0.05, 0) is 11.1 Å². The summed E-state index contributed by atoms with van der Waals surface area (Å²) in [4.78, 5) is 26.0. The van der Waals surface area contributed by atoms with Crippen molar-refractivity contribution in [2.24, 2.45) is 5.92 Å². The van der Waals surface area contributed by atoms with E-state index in [1.54, 1.807) is 4.90 Å². The highest BCUT2D eigenvalue weighted by molar-refractivity contribution is 5.86. The van der Waals surface area contributed by atoms with Gasteiger partial charge in [0.2, 0.25) is 5.91 Å². The molecule has 1 fully saturated rings. The van der Waals surface area contributed by atoms with Crippen molar-refractivity contribution in [1.29, 1.82) is 0 Å². The summed E-state index contributed by atoms with van der Waals surface area (Å²) >= 11 is 0. The molecule has 0 N–H and O–H groups in total. The maximum Gasteiger partial charge on any atom is 0.311 e. The van der Waals surface area contributed by atoms with Gasteiger partial charge in [-0.3, -0.25) is 9.59 Å². The van der Waals surface area contributed by atoms with Gasteiger partial charge in [-0.15, -0.1) is 0 Å². The fraction of sp³-hybridized carbons (Fsp3) is 0.263. The van der Waals surface area contributed by atoms with E-state index in [1.165, 1.54) is 0 Å². The average Bonchev–Trinajstić information content (AvgIpc) is 2.95. The van der Waals surface area contributed by atoms with E-state index in [-0.39, 0.29) is 30.8 Å². The minimum atomic E-state index is -0.366. The summed E-state index contributed by atoms with van der Waals surface area (Å²) in [5.41, 5.74) is 2.02. The lowest BCUT2D eigenvalue weighted by Crippen LogP contribution is -2.26. The summed E-state index contributed by atoms with van der Waals surface area (Å²) < 4.78 is 5.34. The maximum absolute atomic E-state index is 12.2. The Balaban J connectivity index is 1.53. The Morgan fingerprint density at radius 1 is 1.00 bits per heavy atom. The van der Waals surface area contributed by atoms with Crippen molar-refractivity contribution in [1.82, 2.24) is 4.90 Å². The summed E-state index contributed by atoms with van der Waals surface area (Å²) in [6.45, 7) is 1.23. The van der Waals surface area contributed by atoms with E-state index in [0.717, 1.165) is 11.1 Å². The second-order valence-corrected chi connectivity index (χ2v) is 5.75. The molecule has 2 aromatic rings. The molecule has 4 heteroatoms. The third-order valence-corrected chi connectivity index (χ3v) is 3.99. The molecule has 23 heavy (non-hydrogen) atoms. The van der Waals surface area contributed by atoms with Crippen LogP contribution in [0.4, 0.5) is 0 Å². The van der Waals surface area contributed by atoms with Crippen molar-refractivity contribution in [2.75, 3.05) is 6.54 Å². The topological polar surface area (TPSA) is 46.6 Å². The standard InChI is InChI=1S/C19H19NO3/c21-18-11-17(13-20(18)12-15-7-3-1-4-8-15)19(22)23-14-16-9-5-2-6-10-16/h1-10,17H,11-14H2/t17-/m1/s1. The molecule has 1 amide bonds.